The Balaban J connectivity index is 1.16. The van der Waals surface area contributed by atoms with E-state index in [-0.39, 0.29) is 24.5 Å². The maximum atomic E-state index is 15.2. The number of piperazine rings is 1. The van der Waals surface area contributed by atoms with Gasteiger partial charge < -0.3 is 28.9 Å². The van der Waals surface area contributed by atoms with Crippen molar-refractivity contribution >= 4 is 34.1 Å². The lowest BCUT2D eigenvalue weighted by Gasteiger charge is -2.41. The number of hydrogen-bond donors (Lipinski definition) is 1. The highest BCUT2D eigenvalue weighted by atomic mass is 19.1. The van der Waals surface area contributed by atoms with Crippen LogP contribution in [0.15, 0.2) is 109 Å². The van der Waals surface area contributed by atoms with E-state index in [1.165, 1.54) is 28.7 Å². The predicted molar refractivity (Wildman–Crippen MR) is 213 cm³/mol. The molecule has 10 nitrogen and oxygen atoms in total. The molecule has 1 aromatic heterocycles. The number of anilines is 2. The Labute approximate surface area is 324 Å². The third-order valence-corrected chi connectivity index (χ3v) is 11.3. The maximum absolute atomic E-state index is 15.2. The second-order valence-electron chi connectivity index (χ2n) is 14.9. The molecule has 1 atom stereocenters. The molecule has 2 amide bonds. The fourth-order valence-electron chi connectivity index (χ4n) is 8.15. The second kappa shape index (κ2) is 14.5. The molecule has 9 rings (SSSR count). The van der Waals surface area contributed by atoms with E-state index >= 15 is 9.18 Å². The van der Waals surface area contributed by atoms with Gasteiger partial charge in [0.25, 0.3) is 11.8 Å². The van der Waals surface area contributed by atoms with E-state index < -0.39 is 11.7 Å². The highest BCUT2D eigenvalue weighted by Gasteiger charge is 2.35. The smallest absolute Gasteiger partial charge is 0.265 e. The number of fused-ring (bicyclic) bond motifs is 3. The minimum atomic E-state index is -0.448. The maximum Gasteiger partial charge on any atom is 0.265 e. The number of phenolic OH excluding ortho intramolecular Hbond substituents is 1. The van der Waals surface area contributed by atoms with E-state index in [0.29, 0.717) is 62.7 Å². The van der Waals surface area contributed by atoms with Gasteiger partial charge in [0, 0.05) is 68.6 Å². The first-order valence-corrected chi connectivity index (χ1v) is 18.9. The number of carbonyl (C=O) groups excluding carboxylic acids is 2. The fourth-order valence-corrected chi connectivity index (χ4v) is 8.15. The minimum absolute atomic E-state index is 0.0282. The summed E-state index contributed by atoms with van der Waals surface area (Å²) in [7, 11) is 2.14. The Bertz CT molecular complexity index is 2470. The lowest BCUT2D eigenvalue weighted by atomic mass is 9.92. The number of rotatable bonds is 7. The number of phenols is 1. The number of likely N-dealkylation sites (N-methyl/N-ethyl adjacent to an activating group) is 1. The normalized spacial score (nSPS) is 16.9. The number of nitrogens with zero attached hydrogens (tertiary/aromatic N) is 5. The molecule has 0 aliphatic carbocycles. The van der Waals surface area contributed by atoms with Gasteiger partial charge in [-0.1, -0.05) is 48.5 Å². The number of hydrogen-bond acceptors (Lipinski definition) is 7. The Kier molecular flexibility index (Phi) is 9.19. The van der Waals surface area contributed by atoms with Crippen LogP contribution >= 0.6 is 0 Å². The quantitative estimate of drug-likeness (QED) is 0.183. The number of aryl methyl sites for hydroxylation is 1. The summed E-state index contributed by atoms with van der Waals surface area (Å²) >= 11 is 0. The van der Waals surface area contributed by atoms with E-state index in [4.69, 9.17) is 9.47 Å². The Morgan fingerprint density at radius 2 is 1.52 bits per heavy atom. The van der Waals surface area contributed by atoms with Crippen molar-refractivity contribution in [2.75, 3.05) is 51.5 Å². The molecule has 1 N–H and O–H groups in total. The molecule has 3 aliphatic rings. The van der Waals surface area contributed by atoms with Crippen molar-refractivity contribution < 1.29 is 28.6 Å². The van der Waals surface area contributed by atoms with Crippen LogP contribution in [-0.4, -0.2) is 88.8 Å². The molecular weight excluding hydrogens is 710 g/mol. The largest absolute Gasteiger partial charge is 0.508 e. The zero-order valence-electron chi connectivity index (χ0n) is 31.3. The van der Waals surface area contributed by atoms with Crippen LogP contribution in [0.4, 0.5) is 15.8 Å². The van der Waals surface area contributed by atoms with Crippen molar-refractivity contribution in [3.8, 4) is 22.9 Å². The molecule has 56 heavy (non-hydrogen) atoms. The van der Waals surface area contributed by atoms with Gasteiger partial charge in [-0.25, -0.2) is 4.39 Å². The monoisotopic (exact) mass is 751 g/mol. The van der Waals surface area contributed by atoms with Crippen LogP contribution in [0.1, 0.15) is 37.4 Å². The molecular formula is C45H42FN5O5. The Morgan fingerprint density at radius 3 is 2.29 bits per heavy atom. The summed E-state index contributed by atoms with van der Waals surface area (Å²) in [5, 5.41) is 10.7. The number of carbonyl (C=O) groups is 2. The predicted octanol–water partition coefficient (Wildman–Crippen LogP) is 7.31. The number of aromatic hydroxyl groups is 1. The number of amides is 2. The van der Waals surface area contributed by atoms with Gasteiger partial charge in [0.1, 0.15) is 11.6 Å². The van der Waals surface area contributed by atoms with Gasteiger partial charge in [0.2, 0.25) is 6.79 Å². The van der Waals surface area contributed by atoms with Gasteiger partial charge in [-0.3, -0.25) is 19.4 Å². The Morgan fingerprint density at radius 1 is 0.821 bits per heavy atom. The highest BCUT2D eigenvalue weighted by Crippen LogP contribution is 2.40. The highest BCUT2D eigenvalue weighted by molar-refractivity contribution is 6.17. The minimum Gasteiger partial charge on any atom is -0.508 e. The van der Waals surface area contributed by atoms with Crippen LogP contribution in [0.2, 0.25) is 0 Å². The first-order valence-electron chi connectivity index (χ1n) is 18.9. The van der Waals surface area contributed by atoms with E-state index in [9.17, 15) is 9.90 Å². The molecule has 0 bridgehead atoms. The summed E-state index contributed by atoms with van der Waals surface area (Å²) in [6.45, 7) is 6.75. The molecule has 3 aliphatic heterocycles. The summed E-state index contributed by atoms with van der Waals surface area (Å²) in [6, 6.07) is 30.3. The van der Waals surface area contributed by atoms with Crippen LogP contribution in [-0.2, 0) is 13.0 Å². The van der Waals surface area contributed by atoms with Crippen LogP contribution in [0.5, 0.6) is 17.2 Å². The summed E-state index contributed by atoms with van der Waals surface area (Å²) in [5.74, 6) is 0.0201. The van der Waals surface area contributed by atoms with E-state index in [1.807, 2.05) is 45.9 Å². The molecule has 0 radical (unpaired) electrons. The van der Waals surface area contributed by atoms with Crippen molar-refractivity contribution in [2.24, 2.45) is 0 Å². The first kappa shape index (κ1) is 35.5. The Hall–Kier alpha value is -6.17. The second-order valence-corrected chi connectivity index (χ2v) is 14.9. The molecule has 0 unspecified atom stereocenters. The third kappa shape index (κ3) is 6.52. The standard InChI is InChI=1S/C45H42FN5O5/c1-29-11-12-33(22-39(29)46)51(32-13-15-35(52)16-14-32)45(54)38-27-50(40-10-6-5-9-36(38)40)41-24-43-42(55-28-56-43)23-37(41)44(53)49-25-31-8-4-3-7-30(31)21-34(49)26-48-19-17-47(2)18-20-48/h3-16,22-24,27,34,52H,17-21,25-26,28H2,1-2H3/t34-/m0/s1. The summed E-state index contributed by atoms with van der Waals surface area (Å²) < 4.78 is 28.6. The van der Waals surface area contributed by atoms with Crippen molar-refractivity contribution in [3.63, 3.8) is 0 Å². The average Bonchev–Trinajstić information content (AvgIpc) is 3.84. The summed E-state index contributed by atoms with van der Waals surface area (Å²) in [5.41, 5.74) is 5.61. The molecule has 11 heteroatoms. The lowest BCUT2D eigenvalue weighted by molar-refractivity contribution is 0.0535. The molecule has 0 saturated carbocycles. The van der Waals surface area contributed by atoms with Crippen molar-refractivity contribution in [2.45, 2.75) is 25.9 Å². The van der Waals surface area contributed by atoms with Gasteiger partial charge in [0.15, 0.2) is 11.5 Å². The molecule has 284 valence electrons. The van der Waals surface area contributed by atoms with E-state index in [1.54, 1.807) is 43.5 Å². The third-order valence-electron chi connectivity index (χ3n) is 11.3. The number of aromatic nitrogens is 1. The van der Waals surface area contributed by atoms with Crippen LogP contribution in [0.3, 0.4) is 0 Å². The van der Waals surface area contributed by atoms with Crippen LogP contribution < -0.4 is 14.4 Å². The zero-order valence-corrected chi connectivity index (χ0v) is 31.3. The summed E-state index contributed by atoms with van der Waals surface area (Å²) in [6.07, 6.45) is 2.48. The number of benzene rings is 5. The lowest BCUT2D eigenvalue weighted by Crippen LogP contribution is -2.53. The van der Waals surface area contributed by atoms with Crippen molar-refractivity contribution in [1.82, 2.24) is 19.3 Å². The van der Waals surface area contributed by atoms with Crippen molar-refractivity contribution in [3.05, 3.63) is 143 Å². The number of halogens is 1. The van der Waals surface area contributed by atoms with Crippen LogP contribution in [0, 0.1) is 12.7 Å². The SMILES string of the molecule is Cc1ccc(N(C(=O)c2cn(-c3cc4c(cc3C(=O)N3Cc5ccccc5C[C@H]3CN3CCN(C)CC3)OCO4)c3ccccc23)c2ccc(O)cc2)cc1F. The molecule has 1 saturated heterocycles. The van der Waals surface area contributed by atoms with Gasteiger partial charge in [-0.2, -0.15) is 0 Å². The molecule has 6 aromatic rings. The number of para-hydroxylation sites is 1. The zero-order chi connectivity index (χ0) is 38.5. The van der Waals surface area contributed by atoms with Gasteiger partial charge >= 0.3 is 0 Å². The number of ether oxygens (including phenoxy) is 2. The molecule has 0 spiro atoms. The summed E-state index contributed by atoms with van der Waals surface area (Å²) in [4.78, 5) is 38.3. The van der Waals surface area contributed by atoms with E-state index in [0.717, 1.165) is 44.7 Å². The molecule has 5 aromatic carbocycles. The van der Waals surface area contributed by atoms with Crippen LogP contribution in [0.25, 0.3) is 16.6 Å². The van der Waals surface area contributed by atoms with Gasteiger partial charge in [-0.05, 0) is 85.6 Å². The topological polar surface area (TPSA) is 90.7 Å². The van der Waals surface area contributed by atoms with Gasteiger partial charge in [0.05, 0.1) is 28.0 Å². The van der Waals surface area contributed by atoms with Crippen molar-refractivity contribution in [1.29, 1.82) is 0 Å². The average molecular weight is 752 g/mol. The first-order chi connectivity index (χ1) is 27.2. The van der Waals surface area contributed by atoms with Gasteiger partial charge in [-0.15, -0.1) is 0 Å². The van der Waals surface area contributed by atoms with E-state index in [2.05, 4.69) is 35.0 Å². The fraction of sp³-hybridized carbons (Fsp3) is 0.244. The molecule has 1 fully saturated rings. The molecule has 4 heterocycles.